The van der Waals surface area contributed by atoms with E-state index in [1.807, 2.05) is 50.6 Å². The van der Waals surface area contributed by atoms with Crippen molar-refractivity contribution < 1.29 is 9.90 Å². The molecule has 24 heavy (non-hydrogen) atoms. The molecule has 7 nitrogen and oxygen atoms in total. The Bertz CT molecular complexity index is 627. The van der Waals surface area contributed by atoms with Crippen molar-refractivity contribution in [2.75, 3.05) is 32.5 Å². The molecule has 0 saturated heterocycles. The maximum Gasteiger partial charge on any atom is 0.320 e. The molecule has 2 rings (SSSR count). The topological polar surface area (TPSA) is 82.4 Å². The molecular weight excluding hydrogens is 306 g/mol. The highest BCUT2D eigenvalue weighted by Gasteiger charge is 2.08. The summed E-state index contributed by atoms with van der Waals surface area (Å²) in [5.41, 5.74) is 0.847. The van der Waals surface area contributed by atoms with Crippen LogP contribution in [0.25, 0.3) is 0 Å². The van der Waals surface area contributed by atoms with E-state index in [-0.39, 0.29) is 6.03 Å². The number of hydrogen-bond acceptors (Lipinski definition) is 4. The first-order valence-electron chi connectivity index (χ1n) is 8.00. The van der Waals surface area contributed by atoms with Gasteiger partial charge in [0, 0.05) is 25.4 Å². The summed E-state index contributed by atoms with van der Waals surface area (Å²) in [7, 11) is 4.00. The SMILES string of the molecule is CN(C)CCn1ccc(NC(=O)NCCC(O)c2ccccc2)n1. The van der Waals surface area contributed by atoms with Crippen LogP contribution in [0.2, 0.25) is 0 Å². The second-order valence-electron chi connectivity index (χ2n) is 5.86. The molecule has 130 valence electrons. The number of nitrogens with zero attached hydrogens (tertiary/aromatic N) is 3. The van der Waals surface area contributed by atoms with E-state index in [1.54, 1.807) is 10.7 Å². The van der Waals surface area contributed by atoms with E-state index in [4.69, 9.17) is 0 Å². The molecule has 3 N–H and O–H groups in total. The molecule has 1 atom stereocenters. The zero-order chi connectivity index (χ0) is 17.4. The van der Waals surface area contributed by atoms with Gasteiger partial charge in [0.05, 0.1) is 12.6 Å². The van der Waals surface area contributed by atoms with Crippen LogP contribution in [0.15, 0.2) is 42.6 Å². The van der Waals surface area contributed by atoms with Crippen LogP contribution in [-0.2, 0) is 6.54 Å². The largest absolute Gasteiger partial charge is 0.388 e. The van der Waals surface area contributed by atoms with E-state index < -0.39 is 6.10 Å². The predicted octanol–water partition coefficient (Wildman–Crippen LogP) is 1.69. The fraction of sp³-hybridized carbons (Fsp3) is 0.412. The van der Waals surface area contributed by atoms with Gasteiger partial charge in [-0.2, -0.15) is 5.10 Å². The van der Waals surface area contributed by atoms with Crippen LogP contribution in [0, 0.1) is 0 Å². The van der Waals surface area contributed by atoms with Crippen molar-refractivity contribution in [2.24, 2.45) is 0 Å². The van der Waals surface area contributed by atoms with Gasteiger partial charge in [-0.05, 0) is 26.1 Å². The van der Waals surface area contributed by atoms with Gasteiger partial charge in [-0.1, -0.05) is 30.3 Å². The fourth-order valence-corrected chi connectivity index (χ4v) is 2.18. The van der Waals surface area contributed by atoms with E-state index in [1.165, 1.54) is 0 Å². The second kappa shape index (κ2) is 9.05. The van der Waals surface area contributed by atoms with Gasteiger partial charge in [0.1, 0.15) is 0 Å². The summed E-state index contributed by atoms with van der Waals surface area (Å²) in [4.78, 5) is 13.9. The van der Waals surface area contributed by atoms with Crippen molar-refractivity contribution in [3.8, 4) is 0 Å². The van der Waals surface area contributed by atoms with Crippen molar-refractivity contribution in [2.45, 2.75) is 19.1 Å². The number of carbonyl (C=O) groups excluding carboxylic acids is 1. The summed E-state index contributed by atoms with van der Waals surface area (Å²) in [6.45, 7) is 2.02. The third kappa shape index (κ3) is 6.02. The van der Waals surface area contributed by atoms with Crippen LogP contribution in [0.3, 0.4) is 0 Å². The first kappa shape index (κ1) is 18.0. The number of urea groups is 1. The maximum absolute atomic E-state index is 11.8. The molecule has 1 aromatic heterocycles. The Morgan fingerprint density at radius 3 is 2.75 bits per heavy atom. The van der Waals surface area contributed by atoms with Gasteiger partial charge in [0.25, 0.3) is 0 Å². The summed E-state index contributed by atoms with van der Waals surface area (Å²) in [5.74, 6) is 0.509. The Hall–Kier alpha value is -2.38. The second-order valence-corrected chi connectivity index (χ2v) is 5.86. The molecule has 1 aromatic carbocycles. The van der Waals surface area contributed by atoms with E-state index >= 15 is 0 Å². The molecule has 1 heterocycles. The zero-order valence-electron chi connectivity index (χ0n) is 14.1. The Labute approximate surface area is 142 Å². The molecule has 2 aromatic rings. The van der Waals surface area contributed by atoms with Crippen molar-refractivity contribution >= 4 is 11.8 Å². The minimum atomic E-state index is -0.586. The monoisotopic (exact) mass is 331 g/mol. The molecule has 0 aliphatic carbocycles. The molecule has 1 unspecified atom stereocenters. The zero-order valence-corrected chi connectivity index (χ0v) is 14.1. The van der Waals surface area contributed by atoms with Gasteiger partial charge in [0.2, 0.25) is 0 Å². The van der Waals surface area contributed by atoms with Gasteiger partial charge in [-0.25, -0.2) is 4.79 Å². The molecule has 0 aliphatic heterocycles. The lowest BCUT2D eigenvalue weighted by Gasteiger charge is -2.11. The minimum absolute atomic E-state index is 0.326. The van der Waals surface area contributed by atoms with Gasteiger partial charge < -0.3 is 15.3 Å². The van der Waals surface area contributed by atoms with Crippen molar-refractivity contribution in [1.82, 2.24) is 20.0 Å². The van der Waals surface area contributed by atoms with Gasteiger partial charge in [0.15, 0.2) is 5.82 Å². The predicted molar refractivity (Wildman–Crippen MR) is 93.8 cm³/mol. The number of rotatable bonds is 8. The van der Waals surface area contributed by atoms with Gasteiger partial charge >= 0.3 is 6.03 Å². The minimum Gasteiger partial charge on any atom is -0.388 e. The molecule has 0 radical (unpaired) electrons. The number of aliphatic hydroxyl groups excluding tert-OH is 1. The molecule has 2 amide bonds. The number of nitrogens with one attached hydrogen (secondary N) is 2. The summed E-state index contributed by atoms with van der Waals surface area (Å²) in [5, 5.41) is 19.7. The van der Waals surface area contributed by atoms with Crippen LogP contribution < -0.4 is 10.6 Å². The highest BCUT2D eigenvalue weighted by Crippen LogP contribution is 2.14. The van der Waals surface area contributed by atoms with Crippen LogP contribution in [-0.4, -0.2) is 53.0 Å². The number of anilines is 1. The van der Waals surface area contributed by atoms with Crippen LogP contribution >= 0.6 is 0 Å². The Balaban J connectivity index is 1.70. The lowest BCUT2D eigenvalue weighted by molar-refractivity contribution is 0.167. The van der Waals surface area contributed by atoms with Crippen molar-refractivity contribution in [3.05, 3.63) is 48.2 Å². The number of likely N-dealkylation sites (N-methyl/N-ethyl adjacent to an activating group) is 1. The average Bonchev–Trinajstić information content (AvgIpc) is 3.01. The quantitative estimate of drug-likeness (QED) is 0.687. The number of hydrogen-bond donors (Lipinski definition) is 3. The number of aliphatic hydroxyl groups is 1. The molecule has 0 saturated carbocycles. The Morgan fingerprint density at radius 1 is 1.29 bits per heavy atom. The summed E-state index contributed by atoms with van der Waals surface area (Å²) in [6.07, 6.45) is 1.70. The first-order chi connectivity index (χ1) is 11.5. The van der Waals surface area contributed by atoms with Crippen molar-refractivity contribution in [3.63, 3.8) is 0 Å². The van der Waals surface area contributed by atoms with Crippen LogP contribution in [0.5, 0.6) is 0 Å². The lowest BCUT2D eigenvalue weighted by atomic mass is 10.1. The number of amides is 2. The van der Waals surface area contributed by atoms with E-state index in [2.05, 4.69) is 20.6 Å². The Morgan fingerprint density at radius 2 is 2.04 bits per heavy atom. The van der Waals surface area contributed by atoms with E-state index in [0.717, 1.165) is 18.7 Å². The molecule has 0 fully saturated rings. The molecule has 7 heteroatoms. The average molecular weight is 331 g/mol. The molecular formula is C17H25N5O2. The van der Waals surface area contributed by atoms with Gasteiger partial charge in [-0.3, -0.25) is 10.00 Å². The van der Waals surface area contributed by atoms with Crippen LogP contribution in [0.4, 0.5) is 10.6 Å². The van der Waals surface area contributed by atoms with Crippen molar-refractivity contribution in [1.29, 1.82) is 0 Å². The van der Waals surface area contributed by atoms with E-state index in [9.17, 15) is 9.90 Å². The normalized spacial score (nSPS) is 12.2. The first-order valence-corrected chi connectivity index (χ1v) is 8.00. The highest BCUT2D eigenvalue weighted by atomic mass is 16.3. The lowest BCUT2D eigenvalue weighted by Crippen LogP contribution is -2.30. The number of benzene rings is 1. The molecule has 0 aliphatic rings. The Kier molecular flexibility index (Phi) is 6.77. The van der Waals surface area contributed by atoms with E-state index in [0.29, 0.717) is 18.8 Å². The summed E-state index contributed by atoms with van der Waals surface area (Å²) in [6, 6.07) is 10.8. The van der Waals surface area contributed by atoms with Crippen LogP contribution in [0.1, 0.15) is 18.1 Å². The maximum atomic E-state index is 11.8. The summed E-state index contributed by atoms with van der Waals surface area (Å²) < 4.78 is 1.79. The number of carbonyl (C=O) groups is 1. The smallest absolute Gasteiger partial charge is 0.320 e. The molecule has 0 spiro atoms. The standard InChI is InChI=1S/C17H25N5O2/c1-21(2)12-13-22-11-9-16(20-22)19-17(24)18-10-8-15(23)14-6-4-3-5-7-14/h3-7,9,11,15,23H,8,10,12-13H2,1-2H3,(H2,18,19,20,24). The summed E-state index contributed by atoms with van der Waals surface area (Å²) >= 11 is 0. The number of aromatic nitrogens is 2. The fourth-order valence-electron chi connectivity index (χ4n) is 2.18. The molecule has 0 bridgehead atoms. The third-order valence-electron chi connectivity index (χ3n) is 3.55. The highest BCUT2D eigenvalue weighted by molar-refractivity contribution is 5.88. The third-order valence-corrected chi connectivity index (χ3v) is 3.55. The van der Waals surface area contributed by atoms with Gasteiger partial charge in [-0.15, -0.1) is 0 Å².